The van der Waals surface area contributed by atoms with Crippen LogP contribution < -0.4 is 15.4 Å². The molecule has 2 aromatic heterocycles. The Kier molecular flexibility index (Phi) is 5.72. The predicted octanol–water partition coefficient (Wildman–Crippen LogP) is 2.42. The van der Waals surface area contributed by atoms with Gasteiger partial charge in [0.1, 0.15) is 11.6 Å². The maximum Gasteiger partial charge on any atom is 0.272 e. The van der Waals surface area contributed by atoms with Crippen molar-refractivity contribution < 1.29 is 9.53 Å². The van der Waals surface area contributed by atoms with E-state index in [1.807, 2.05) is 36.4 Å². The first-order valence-electron chi connectivity index (χ1n) is 8.12. The zero-order valence-corrected chi connectivity index (χ0v) is 14.3. The topological polar surface area (TPSA) is 89.0 Å². The number of nitrogens with zero attached hydrogens (tertiary/aromatic N) is 3. The Labute approximate surface area is 151 Å². The van der Waals surface area contributed by atoms with E-state index in [9.17, 15) is 4.79 Å². The van der Waals surface area contributed by atoms with Crippen molar-refractivity contribution in [1.82, 2.24) is 20.5 Å². The van der Waals surface area contributed by atoms with E-state index in [0.717, 1.165) is 16.9 Å². The van der Waals surface area contributed by atoms with Crippen LogP contribution in [0, 0.1) is 0 Å². The number of carbonyl (C=O) groups excluding carboxylic acids is 1. The molecule has 0 atom stereocenters. The number of benzene rings is 1. The molecule has 132 valence electrons. The molecule has 3 rings (SSSR count). The van der Waals surface area contributed by atoms with Gasteiger partial charge in [-0.2, -0.15) is 0 Å². The van der Waals surface area contributed by atoms with Crippen molar-refractivity contribution in [3.8, 4) is 5.75 Å². The van der Waals surface area contributed by atoms with E-state index >= 15 is 0 Å². The molecule has 2 N–H and O–H groups in total. The molecule has 0 radical (unpaired) electrons. The molecule has 7 nitrogen and oxygen atoms in total. The number of pyridine rings is 1. The second kappa shape index (κ2) is 8.57. The number of rotatable bonds is 7. The van der Waals surface area contributed by atoms with E-state index in [2.05, 4.69) is 25.8 Å². The van der Waals surface area contributed by atoms with Crippen molar-refractivity contribution in [3.63, 3.8) is 0 Å². The standard InChI is InChI=1S/C19H19N5O2/c1-26-16-6-4-14(5-7-16)12-22-19(25)17-8-9-18(24-23-17)21-13-15-3-2-10-20-11-15/h2-11H,12-13H2,1H3,(H,21,24)(H,22,25). The minimum Gasteiger partial charge on any atom is -0.497 e. The van der Waals surface area contributed by atoms with E-state index in [1.165, 1.54) is 0 Å². The molecule has 0 unspecified atom stereocenters. The average molecular weight is 349 g/mol. The summed E-state index contributed by atoms with van der Waals surface area (Å²) in [5, 5.41) is 14.0. The fraction of sp³-hybridized carbons (Fsp3) is 0.158. The van der Waals surface area contributed by atoms with Gasteiger partial charge in [0.25, 0.3) is 5.91 Å². The maximum atomic E-state index is 12.2. The van der Waals surface area contributed by atoms with Crippen LogP contribution in [0.4, 0.5) is 5.82 Å². The monoisotopic (exact) mass is 349 g/mol. The Morgan fingerprint density at radius 1 is 1.00 bits per heavy atom. The van der Waals surface area contributed by atoms with Gasteiger partial charge >= 0.3 is 0 Å². The first kappa shape index (κ1) is 17.3. The van der Waals surface area contributed by atoms with Crippen LogP contribution in [0.5, 0.6) is 5.75 Å². The number of ether oxygens (including phenoxy) is 1. The number of anilines is 1. The lowest BCUT2D eigenvalue weighted by Crippen LogP contribution is -2.24. The summed E-state index contributed by atoms with van der Waals surface area (Å²) < 4.78 is 5.11. The number of aromatic nitrogens is 3. The maximum absolute atomic E-state index is 12.2. The Morgan fingerprint density at radius 3 is 2.50 bits per heavy atom. The quantitative estimate of drug-likeness (QED) is 0.681. The molecule has 0 saturated carbocycles. The molecule has 0 saturated heterocycles. The molecule has 1 amide bonds. The highest BCUT2D eigenvalue weighted by Crippen LogP contribution is 2.11. The summed E-state index contributed by atoms with van der Waals surface area (Å²) in [6.07, 6.45) is 3.50. The molecule has 0 bridgehead atoms. The molecule has 3 aromatic rings. The minimum absolute atomic E-state index is 0.269. The second-order valence-electron chi connectivity index (χ2n) is 5.55. The third-order valence-electron chi connectivity index (χ3n) is 3.71. The normalized spacial score (nSPS) is 10.2. The lowest BCUT2D eigenvalue weighted by atomic mass is 10.2. The van der Waals surface area contributed by atoms with Crippen LogP contribution >= 0.6 is 0 Å². The summed E-state index contributed by atoms with van der Waals surface area (Å²) >= 11 is 0. The van der Waals surface area contributed by atoms with Crippen molar-refractivity contribution in [2.75, 3.05) is 12.4 Å². The highest BCUT2D eigenvalue weighted by atomic mass is 16.5. The van der Waals surface area contributed by atoms with Gasteiger partial charge in [-0.3, -0.25) is 9.78 Å². The summed E-state index contributed by atoms with van der Waals surface area (Å²) in [7, 11) is 1.62. The highest BCUT2D eigenvalue weighted by Gasteiger charge is 2.08. The molecule has 7 heteroatoms. The van der Waals surface area contributed by atoms with Gasteiger partial charge in [0.2, 0.25) is 0 Å². The van der Waals surface area contributed by atoms with Crippen molar-refractivity contribution in [3.05, 3.63) is 77.7 Å². The van der Waals surface area contributed by atoms with Crippen molar-refractivity contribution in [2.24, 2.45) is 0 Å². The van der Waals surface area contributed by atoms with Gasteiger partial charge in [0.15, 0.2) is 5.69 Å². The number of hydrogen-bond donors (Lipinski definition) is 2. The highest BCUT2D eigenvalue weighted by molar-refractivity contribution is 5.92. The Morgan fingerprint density at radius 2 is 1.85 bits per heavy atom. The van der Waals surface area contributed by atoms with E-state index in [4.69, 9.17) is 4.74 Å². The number of carbonyl (C=O) groups is 1. The summed E-state index contributed by atoms with van der Waals surface area (Å²) in [4.78, 5) is 16.2. The number of methoxy groups -OCH3 is 1. The van der Waals surface area contributed by atoms with Gasteiger partial charge in [0, 0.05) is 25.5 Å². The zero-order chi connectivity index (χ0) is 18.2. The molecule has 1 aromatic carbocycles. The van der Waals surface area contributed by atoms with Crippen LogP contribution in [0.25, 0.3) is 0 Å². The number of nitrogens with one attached hydrogen (secondary N) is 2. The smallest absolute Gasteiger partial charge is 0.272 e. The molecule has 26 heavy (non-hydrogen) atoms. The molecule has 2 heterocycles. The van der Waals surface area contributed by atoms with Crippen LogP contribution in [0.3, 0.4) is 0 Å². The molecular formula is C19H19N5O2. The van der Waals surface area contributed by atoms with E-state index < -0.39 is 0 Å². The van der Waals surface area contributed by atoms with Crippen molar-refractivity contribution in [2.45, 2.75) is 13.1 Å². The van der Waals surface area contributed by atoms with Gasteiger partial charge in [-0.25, -0.2) is 0 Å². The molecule has 0 aliphatic carbocycles. The summed E-state index contributed by atoms with van der Waals surface area (Å²) in [6.45, 7) is 0.997. The Bertz CT molecular complexity index is 836. The first-order chi connectivity index (χ1) is 12.7. The Balaban J connectivity index is 1.51. The van der Waals surface area contributed by atoms with Crippen molar-refractivity contribution >= 4 is 11.7 Å². The Hall–Kier alpha value is -3.48. The van der Waals surface area contributed by atoms with E-state index in [-0.39, 0.29) is 11.6 Å². The third-order valence-corrected chi connectivity index (χ3v) is 3.71. The van der Waals surface area contributed by atoms with Crippen LogP contribution in [-0.4, -0.2) is 28.2 Å². The SMILES string of the molecule is COc1ccc(CNC(=O)c2ccc(NCc3cccnc3)nn2)cc1. The molecule has 0 fully saturated rings. The molecule has 0 aliphatic heterocycles. The minimum atomic E-state index is -0.271. The number of amides is 1. The fourth-order valence-electron chi connectivity index (χ4n) is 2.26. The predicted molar refractivity (Wildman–Crippen MR) is 97.8 cm³/mol. The van der Waals surface area contributed by atoms with Crippen molar-refractivity contribution in [1.29, 1.82) is 0 Å². The van der Waals surface area contributed by atoms with Gasteiger partial charge in [-0.1, -0.05) is 18.2 Å². The molecular weight excluding hydrogens is 330 g/mol. The van der Waals surface area contributed by atoms with Crippen LogP contribution in [0.1, 0.15) is 21.6 Å². The largest absolute Gasteiger partial charge is 0.497 e. The van der Waals surface area contributed by atoms with E-state index in [0.29, 0.717) is 18.9 Å². The van der Waals surface area contributed by atoms with Crippen LogP contribution in [-0.2, 0) is 13.1 Å². The molecule has 0 spiro atoms. The van der Waals surface area contributed by atoms with E-state index in [1.54, 1.807) is 31.6 Å². The molecule has 0 aliphatic rings. The zero-order valence-electron chi connectivity index (χ0n) is 14.3. The van der Waals surface area contributed by atoms with Crippen LogP contribution in [0.15, 0.2) is 60.9 Å². The van der Waals surface area contributed by atoms with Crippen LogP contribution in [0.2, 0.25) is 0 Å². The number of hydrogen-bond acceptors (Lipinski definition) is 6. The van der Waals surface area contributed by atoms with Gasteiger partial charge < -0.3 is 15.4 Å². The second-order valence-corrected chi connectivity index (χ2v) is 5.55. The third kappa shape index (κ3) is 4.76. The first-order valence-corrected chi connectivity index (χ1v) is 8.12. The average Bonchev–Trinajstić information content (AvgIpc) is 2.72. The lowest BCUT2D eigenvalue weighted by Gasteiger charge is -2.07. The van der Waals surface area contributed by atoms with Gasteiger partial charge in [0.05, 0.1) is 7.11 Å². The summed E-state index contributed by atoms with van der Waals surface area (Å²) in [6, 6.07) is 14.7. The summed E-state index contributed by atoms with van der Waals surface area (Å²) in [5.74, 6) is 1.10. The fourth-order valence-corrected chi connectivity index (χ4v) is 2.26. The van der Waals surface area contributed by atoms with Gasteiger partial charge in [-0.15, -0.1) is 10.2 Å². The van der Waals surface area contributed by atoms with Gasteiger partial charge in [-0.05, 0) is 41.5 Å². The lowest BCUT2D eigenvalue weighted by molar-refractivity contribution is 0.0945. The summed E-state index contributed by atoms with van der Waals surface area (Å²) in [5.41, 5.74) is 2.28.